The van der Waals surface area contributed by atoms with E-state index in [0.29, 0.717) is 17.6 Å². The lowest BCUT2D eigenvalue weighted by Crippen LogP contribution is -2.64. The molecule has 1 aromatic rings. The molecule has 1 aromatic carbocycles. The number of hydrogen-bond donors (Lipinski definition) is 1. The minimum Gasteiger partial charge on any atom is -0.308 e. The smallest absolute Gasteiger partial charge is 0.0409 e. The van der Waals surface area contributed by atoms with Gasteiger partial charge in [-0.2, -0.15) is 0 Å². The summed E-state index contributed by atoms with van der Waals surface area (Å²) in [5.74, 6) is 0. The number of halogens is 1. The zero-order valence-electron chi connectivity index (χ0n) is 13.2. The third-order valence-corrected chi connectivity index (χ3v) is 5.70. The lowest BCUT2D eigenvalue weighted by Gasteiger charge is -2.51. The van der Waals surface area contributed by atoms with Gasteiger partial charge in [0.2, 0.25) is 0 Å². The van der Waals surface area contributed by atoms with Gasteiger partial charge in [-0.15, -0.1) is 0 Å². The highest BCUT2D eigenvalue weighted by Gasteiger charge is 2.40. The van der Waals surface area contributed by atoms with E-state index >= 15 is 0 Å². The van der Waals surface area contributed by atoms with Crippen LogP contribution in [-0.2, 0) is 0 Å². The summed E-state index contributed by atoms with van der Waals surface area (Å²) < 4.78 is 0. The molecule has 1 heterocycles. The average Bonchev–Trinajstić information content (AvgIpc) is 2.50. The zero-order chi connectivity index (χ0) is 14.9. The van der Waals surface area contributed by atoms with Crippen molar-refractivity contribution in [2.24, 2.45) is 0 Å². The third kappa shape index (κ3) is 3.28. The van der Waals surface area contributed by atoms with Crippen molar-refractivity contribution >= 4 is 11.6 Å². The maximum Gasteiger partial charge on any atom is 0.0409 e. The Morgan fingerprint density at radius 3 is 2.76 bits per heavy atom. The molecular weight excluding hydrogens is 280 g/mol. The average molecular weight is 307 g/mol. The molecular formula is C18H27ClN2. The lowest BCUT2D eigenvalue weighted by molar-refractivity contribution is 0.0355. The highest BCUT2D eigenvalue weighted by Crippen LogP contribution is 2.35. The van der Waals surface area contributed by atoms with E-state index in [1.54, 1.807) is 0 Å². The monoisotopic (exact) mass is 306 g/mol. The standard InChI is InChI=1S/C18H27ClN2/c1-14-12-20-18(9-4-3-5-10-18)13-21(14)15(2)16-7-6-8-17(19)11-16/h6-8,11,14-15,20H,3-5,9-10,12-13H2,1-2H3. The quantitative estimate of drug-likeness (QED) is 0.871. The van der Waals surface area contributed by atoms with Crippen molar-refractivity contribution in [1.82, 2.24) is 10.2 Å². The minimum absolute atomic E-state index is 0.359. The summed E-state index contributed by atoms with van der Waals surface area (Å²) >= 11 is 6.18. The third-order valence-electron chi connectivity index (χ3n) is 5.46. The fourth-order valence-corrected chi connectivity index (χ4v) is 4.28. The van der Waals surface area contributed by atoms with Gasteiger partial charge >= 0.3 is 0 Å². The molecule has 2 atom stereocenters. The van der Waals surface area contributed by atoms with Gasteiger partial charge in [0.05, 0.1) is 0 Å². The molecule has 0 bridgehead atoms. The second-order valence-electron chi connectivity index (χ2n) is 6.97. The van der Waals surface area contributed by atoms with Crippen molar-refractivity contribution in [3.05, 3.63) is 34.9 Å². The molecule has 1 saturated heterocycles. The van der Waals surface area contributed by atoms with Gasteiger partial charge in [-0.05, 0) is 44.4 Å². The summed E-state index contributed by atoms with van der Waals surface area (Å²) in [4.78, 5) is 2.67. The second-order valence-corrected chi connectivity index (χ2v) is 7.41. The first-order chi connectivity index (χ1) is 10.1. The fourth-order valence-electron chi connectivity index (χ4n) is 4.08. The van der Waals surface area contributed by atoms with Crippen LogP contribution in [-0.4, -0.2) is 29.6 Å². The summed E-state index contributed by atoms with van der Waals surface area (Å²) in [6.07, 6.45) is 6.82. The summed E-state index contributed by atoms with van der Waals surface area (Å²) in [7, 11) is 0. The van der Waals surface area contributed by atoms with E-state index in [1.807, 2.05) is 6.07 Å². The van der Waals surface area contributed by atoms with Crippen LogP contribution in [0.4, 0.5) is 0 Å². The van der Waals surface area contributed by atoms with E-state index in [1.165, 1.54) is 44.2 Å². The van der Waals surface area contributed by atoms with Crippen molar-refractivity contribution in [1.29, 1.82) is 0 Å². The van der Waals surface area contributed by atoms with Gasteiger partial charge in [-0.3, -0.25) is 4.90 Å². The van der Waals surface area contributed by atoms with Gasteiger partial charge in [0.1, 0.15) is 0 Å². The molecule has 2 aliphatic rings. The highest BCUT2D eigenvalue weighted by molar-refractivity contribution is 6.30. The van der Waals surface area contributed by atoms with E-state index in [9.17, 15) is 0 Å². The van der Waals surface area contributed by atoms with Gasteiger partial charge < -0.3 is 5.32 Å². The van der Waals surface area contributed by atoms with Crippen LogP contribution in [0.2, 0.25) is 5.02 Å². The lowest BCUT2D eigenvalue weighted by atomic mass is 9.79. The first-order valence-electron chi connectivity index (χ1n) is 8.36. The first-order valence-corrected chi connectivity index (χ1v) is 8.74. The van der Waals surface area contributed by atoms with Crippen LogP contribution in [0, 0.1) is 0 Å². The number of nitrogens with zero attached hydrogens (tertiary/aromatic N) is 1. The molecule has 2 fully saturated rings. The molecule has 1 N–H and O–H groups in total. The number of piperazine rings is 1. The van der Waals surface area contributed by atoms with Gasteiger partial charge in [0.15, 0.2) is 0 Å². The molecule has 116 valence electrons. The van der Waals surface area contributed by atoms with Crippen LogP contribution >= 0.6 is 11.6 Å². The molecule has 0 radical (unpaired) electrons. The number of rotatable bonds is 2. The number of hydrogen-bond acceptors (Lipinski definition) is 2. The Kier molecular flexibility index (Phi) is 4.58. The molecule has 21 heavy (non-hydrogen) atoms. The summed E-state index contributed by atoms with van der Waals surface area (Å²) in [6.45, 7) is 6.93. The van der Waals surface area contributed by atoms with E-state index in [4.69, 9.17) is 11.6 Å². The molecule has 1 saturated carbocycles. The van der Waals surface area contributed by atoms with Crippen LogP contribution in [0.15, 0.2) is 24.3 Å². The Bertz CT molecular complexity index is 482. The van der Waals surface area contributed by atoms with Crippen LogP contribution in [0.5, 0.6) is 0 Å². The summed E-state index contributed by atoms with van der Waals surface area (Å²) in [5.41, 5.74) is 1.69. The fraction of sp³-hybridized carbons (Fsp3) is 0.667. The maximum atomic E-state index is 6.18. The Morgan fingerprint density at radius 2 is 2.05 bits per heavy atom. The number of benzene rings is 1. The predicted octanol–water partition coefficient (Wildman–Crippen LogP) is 4.40. The van der Waals surface area contributed by atoms with Crippen LogP contribution in [0.1, 0.15) is 57.6 Å². The van der Waals surface area contributed by atoms with E-state index < -0.39 is 0 Å². The van der Waals surface area contributed by atoms with Crippen molar-refractivity contribution in [3.8, 4) is 0 Å². The Balaban J connectivity index is 1.78. The molecule has 1 spiro atoms. The Hall–Kier alpha value is -0.570. The largest absolute Gasteiger partial charge is 0.308 e. The van der Waals surface area contributed by atoms with Crippen LogP contribution in [0.3, 0.4) is 0 Å². The number of nitrogens with one attached hydrogen (secondary N) is 1. The molecule has 3 heteroatoms. The highest BCUT2D eigenvalue weighted by atomic mass is 35.5. The second kappa shape index (κ2) is 6.28. The predicted molar refractivity (Wildman–Crippen MR) is 89.9 cm³/mol. The normalized spacial score (nSPS) is 27.7. The van der Waals surface area contributed by atoms with Crippen molar-refractivity contribution in [2.75, 3.05) is 13.1 Å². The van der Waals surface area contributed by atoms with E-state index in [-0.39, 0.29) is 0 Å². The topological polar surface area (TPSA) is 15.3 Å². The molecule has 2 unspecified atom stereocenters. The van der Waals surface area contributed by atoms with Crippen molar-refractivity contribution in [2.45, 2.75) is 63.6 Å². The Morgan fingerprint density at radius 1 is 1.29 bits per heavy atom. The summed E-state index contributed by atoms with van der Waals surface area (Å²) in [5, 5.41) is 4.71. The van der Waals surface area contributed by atoms with Crippen LogP contribution in [0.25, 0.3) is 0 Å². The maximum absolute atomic E-state index is 6.18. The van der Waals surface area contributed by atoms with Crippen molar-refractivity contribution < 1.29 is 0 Å². The zero-order valence-corrected chi connectivity index (χ0v) is 14.0. The molecule has 1 aliphatic heterocycles. The first kappa shape index (κ1) is 15.3. The van der Waals surface area contributed by atoms with Gasteiger partial charge in [0.25, 0.3) is 0 Å². The molecule has 3 rings (SSSR count). The molecule has 1 aliphatic carbocycles. The van der Waals surface area contributed by atoms with Gasteiger partial charge in [0, 0.05) is 35.7 Å². The Labute approximate surface area is 133 Å². The molecule has 2 nitrogen and oxygen atoms in total. The SMILES string of the molecule is CC1CNC2(CCCCC2)CN1C(C)c1cccc(Cl)c1. The molecule has 0 aromatic heterocycles. The van der Waals surface area contributed by atoms with Crippen molar-refractivity contribution in [3.63, 3.8) is 0 Å². The van der Waals surface area contributed by atoms with Gasteiger partial charge in [-0.1, -0.05) is 43.0 Å². The summed E-state index contributed by atoms with van der Waals surface area (Å²) in [6, 6.07) is 9.36. The minimum atomic E-state index is 0.359. The van der Waals surface area contributed by atoms with E-state index in [2.05, 4.69) is 42.3 Å². The molecule has 0 amide bonds. The van der Waals surface area contributed by atoms with E-state index in [0.717, 1.165) is 11.6 Å². The van der Waals surface area contributed by atoms with Crippen LogP contribution < -0.4 is 5.32 Å². The van der Waals surface area contributed by atoms with Gasteiger partial charge in [-0.25, -0.2) is 0 Å².